The van der Waals surface area contributed by atoms with Crippen molar-refractivity contribution in [2.45, 2.75) is 33.5 Å². The summed E-state index contributed by atoms with van der Waals surface area (Å²) >= 11 is 0. The van der Waals surface area contributed by atoms with Gasteiger partial charge in [-0.05, 0) is 35.7 Å². The normalized spacial score (nSPS) is 11.0. The molecule has 106 valence electrons. The average molecular weight is 268 g/mol. The van der Waals surface area contributed by atoms with E-state index in [1.54, 1.807) is 0 Å². The summed E-state index contributed by atoms with van der Waals surface area (Å²) in [5, 5.41) is 0. The van der Waals surface area contributed by atoms with Crippen LogP contribution in [0, 0.1) is 6.92 Å². The number of hydrogen-bond donors (Lipinski definition) is 1. The molecule has 0 aliphatic heterocycles. The molecule has 0 heterocycles. The number of aryl methyl sites for hydroxylation is 1. The van der Waals surface area contributed by atoms with Crippen LogP contribution in [0.2, 0.25) is 0 Å². The fourth-order valence-electron chi connectivity index (χ4n) is 2.42. The molecule has 2 rings (SSSR count). The second-order valence-electron chi connectivity index (χ2n) is 5.25. The molecule has 2 aromatic rings. The summed E-state index contributed by atoms with van der Waals surface area (Å²) in [6, 6.07) is 17.2. The molecule has 0 aliphatic carbocycles. The van der Waals surface area contributed by atoms with E-state index in [-0.39, 0.29) is 0 Å². The topological polar surface area (TPSA) is 29.3 Å². The van der Waals surface area contributed by atoms with Crippen LogP contribution in [0.25, 0.3) is 0 Å². The fourth-order valence-corrected chi connectivity index (χ4v) is 2.42. The molecule has 0 atom stereocenters. The van der Waals surface area contributed by atoms with Gasteiger partial charge in [0.25, 0.3) is 0 Å². The van der Waals surface area contributed by atoms with E-state index in [2.05, 4.69) is 67.3 Å². The van der Waals surface area contributed by atoms with Crippen molar-refractivity contribution < 1.29 is 0 Å². The summed E-state index contributed by atoms with van der Waals surface area (Å²) < 4.78 is 0. The van der Waals surface area contributed by atoms with Gasteiger partial charge in [-0.1, -0.05) is 55.5 Å². The van der Waals surface area contributed by atoms with Gasteiger partial charge in [-0.15, -0.1) is 0 Å². The second-order valence-corrected chi connectivity index (χ2v) is 5.25. The third-order valence-corrected chi connectivity index (χ3v) is 3.74. The highest BCUT2D eigenvalue weighted by Crippen LogP contribution is 2.14. The van der Waals surface area contributed by atoms with Crippen LogP contribution in [0.5, 0.6) is 0 Å². The van der Waals surface area contributed by atoms with Gasteiger partial charge in [0.05, 0.1) is 0 Å². The maximum atomic E-state index is 5.71. The SMILES string of the molecule is CCN(Cc1cccc(CN)c1)Cc1ccccc1C. The third-order valence-electron chi connectivity index (χ3n) is 3.74. The second kappa shape index (κ2) is 7.22. The van der Waals surface area contributed by atoms with Crippen molar-refractivity contribution in [1.29, 1.82) is 0 Å². The predicted octanol–water partition coefficient (Wildman–Crippen LogP) is 3.48. The Morgan fingerprint density at radius 3 is 2.40 bits per heavy atom. The summed E-state index contributed by atoms with van der Waals surface area (Å²) in [6.07, 6.45) is 0. The Bertz CT molecular complexity index is 549. The van der Waals surface area contributed by atoms with E-state index in [1.807, 2.05) is 0 Å². The third kappa shape index (κ3) is 3.92. The number of nitrogens with two attached hydrogens (primary N) is 1. The number of hydrogen-bond acceptors (Lipinski definition) is 2. The highest BCUT2D eigenvalue weighted by molar-refractivity contribution is 5.26. The molecular formula is C18H24N2. The molecule has 2 N–H and O–H groups in total. The van der Waals surface area contributed by atoms with Crippen molar-refractivity contribution in [3.8, 4) is 0 Å². The molecule has 2 nitrogen and oxygen atoms in total. The van der Waals surface area contributed by atoms with Gasteiger partial charge in [-0.3, -0.25) is 4.90 Å². The zero-order valence-corrected chi connectivity index (χ0v) is 12.5. The molecule has 0 fully saturated rings. The molecule has 0 spiro atoms. The molecule has 0 amide bonds. The number of rotatable bonds is 6. The lowest BCUT2D eigenvalue weighted by molar-refractivity contribution is 0.271. The van der Waals surface area contributed by atoms with Crippen molar-refractivity contribution >= 4 is 0 Å². The molecule has 0 saturated heterocycles. The first-order chi connectivity index (χ1) is 9.72. The van der Waals surface area contributed by atoms with Gasteiger partial charge in [0, 0.05) is 19.6 Å². The van der Waals surface area contributed by atoms with E-state index in [9.17, 15) is 0 Å². The minimum absolute atomic E-state index is 0.609. The maximum Gasteiger partial charge on any atom is 0.0239 e. The number of benzene rings is 2. The first-order valence-electron chi connectivity index (χ1n) is 7.27. The van der Waals surface area contributed by atoms with Gasteiger partial charge < -0.3 is 5.73 Å². The van der Waals surface area contributed by atoms with E-state index < -0.39 is 0 Å². The quantitative estimate of drug-likeness (QED) is 0.869. The first-order valence-corrected chi connectivity index (χ1v) is 7.27. The van der Waals surface area contributed by atoms with Crippen LogP contribution in [0.15, 0.2) is 48.5 Å². The molecule has 0 saturated carbocycles. The van der Waals surface area contributed by atoms with Crippen molar-refractivity contribution in [3.63, 3.8) is 0 Å². The van der Waals surface area contributed by atoms with Gasteiger partial charge in [0.15, 0.2) is 0 Å². The summed E-state index contributed by atoms with van der Waals surface area (Å²) in [4.78, 5) is 2.46. The fraction of sp³-hybridized carbons (Fsp3) is 0.333. The van der Waals surface area contributed by atoms with Crippen LogP contribution in [0.4, 0.5) is 0 Å². The largest absolute Gasteiger partial charge is 0.326 e. The predicted molar refractivity (Wildman–Crippen MR) is 85.3 cm³/mol. The Balaban J connectivity index is 2.07. The highest BCUT2D eigenvalue weighted by atomic mass is 15.1. The molecule has 2 aromatic carbocycles. The zero-order chi connectivity index (χ0) is 14.4. The van der Waals surface area contributed by atoms with Gasteiger partial charge >= 0.3 is 0 Å². The zero-order valence-electron chi connectivity index (χ0n) is 12.5. The molecule has 0 aromatic heterocycles. The van der Waals surface area contributed by atoms with Crippen molar-refractivity contribution in [2.75, 3.05) is 6.54 Å². The average Bonchev–Trinajstić information content (AvgIpc) is 2.49. The van der Waals surface area contributed by atoms with E-state index in [0.29, 0.717) is 6.54 Å². The van der Waals surface area contributed by atoms with Crippen LogP contribution in [0.1, 0.15) is 29.2 Å². The van der Waals surface area contributed by atoms with Crippen LogP contribution in [-0.2, 0) is 19.6 Å². The summed E-state index contributed by atoms with van der Waals surface area (Å²) in [5.74, 6) is 0. The number of nitrogens with zero attached hydrogens (tertiary/aromatic N) is 1. The monoisotopic (exact) mass is 268 g/mol. The standard InChI is InChI=1S/C18H24N2/c1-3-20(14-18-10-5-4-7-15(18)2)13-17-9-6-8-16(11-17)12-19/h4-11H,3,12-14,19H2,1-2H3. The Hall–Kier alpha value is -1.64. The Kier molecular flexibility index (Phi) is 5.33. The Labute approximate surface area is 122 Å². The summed E-state index contributed by atoms with van der Waals surface area (Å²) in [5.41, 5.74) is 11.0. The van der Waals surface area contributed by atoms with Crippen molar-refractivity contribution in [2.24, 2.45) is 5.73 Å². The summed E-state index contributed by atoms with van der Waals surface area (Å²) in [7, 11) is 0. The van der Waals surface area contributed by atoms with E-state index in [4.69, 9.17) is 5.73 Å². The molecule has 0 bridgehead atoms. The van der Waals surface area contributed by atoms with E-state index >= 15 is 0 Å². The molecular weight excluding hydrogens is 244 g/mol. The smallest absolute Gasteiger partial charge is 0.0239 e. The highest BCUT2D eigenvalue weighted by Gasteiger charge is 2.07. The van der Waals surface area contributed by atoms with E-state index in [1.165, 1.54) is 22.3 Å². The van der Waals surface area contributed by atoms with Crippen molar-refractivity contribution in [3.05, 3.63) is 70.8 Å². The molecule has 20 heavy (non-hydrogen) atoms. The van der Waals surface area contributed by atoms with Gasteiger partial charge in [0.1, 0.15) is 0 Å². The molecule has 0 radical (unpaired) electrons. The van der Waals surface area contributed by atoms with Crippen LogP contribution < -0.4 is 5.73 Å². The minimum Gasteiger partial charge on any atom is -0.326 e. The van der Waals surface area contributed by atoms with Gasteiger partial charge in [-0.25, -0.2) is 0 Å². The van der Waals surface area contributed by atoms with E-state index in [0.717, 1.165) is 19.6 Å². The van der Waals surface area contributed by atoms with Crippen LogP contribution in [-0.4, -0.2) is 11.4 Å². The Morgan fingerprint density at radius 1 is 0.950 bits per heavy atom. The minimum atomic E-state index is 0.609. The van der Waals surface area contributed by atoms with Gasteiger partial charge in [0.2, 0.25) is 0 Å². The lowest BCUT2D eigenvalue weighted by atomic mass is 10.1. The maximum absolute atomic E-state index is 5.71. The molecule has 0 unspecified atom stereocenters. The lowest BCUT2D eigenvalue weighted by Gasteiger charge is -2.22. The lowest BCUT2D eigenvalue weighted by Crippen LogP contribution is -2.22. The molecule has 2 heteroatoms. The molecule has 0 aliphatic rings. The summed E-state index contributed by atoms with van der Waals surface area (Å²) in [6.45, 7) is 8.01. The first kappa shape index (κ1) is 14.8. The van der Waals surface area contributed by atoms with Crippen LogP contribution >= 0.6 is 0 Å². The van der Waals surface area contributed by atoms with Gasteiger partial charge in [-0.2, -0.15) is 0 Å². The van der Waals surface area contributed by atoms with Crippen LogP contribution in [0.3, 0.4) is 0 Å². The Morgan fingerprint density at radius 2 is 1.70 bits per heavy atom. The van der Waals surface area contributed by atoms with Crippen molar-refractivity contribution in [1.82, 2.24) is 4.90 Å².